The molecule has 0 bridgehead atoms. The minimum Gasteiger partial charge on any atom is -0.330 e. The van der Waals surface area contributed by atoms with Gasteiger partial charge in [0.1, 0.15) is 10.7 Å². The molecule has 1 saturated heterocycles. The summed E-state index contributed by atoms with van der Waals surface area (Å²) in [5.74, 6) is -0.384. The summed E-state index contributed by atoms with van der Waals surface area (Å²) >= 11 is 5.83. The second-order valence-electron chi connectivity index (χ2n) is 4.68. The topological polar surface area (TPSA) is 63.4 Å². The number of hydrogen-bond acceptors (Lipinski definition) is 3. The molecule has 1 aliphatic rings. The minimum atomic E-state index is -3.67. The van der Waals surface area contributed by atoms with E-state index >= 15 is 0 Å². The third-order valence-corrected chi connectivity index (χ3v) is 5.67. The lowest BCUT2D eigenvalue weighted by atomic mass is 10.0. The van der Waals surface area contributed by atoms with Crippen molar-refractivity contribution in [3.8, 4) is 0 Å². The zero-order valence-corrected chi connectivity index (χ0v) is 11.9. The Morgan fingerprint density at radius 1 is 1.47 bits per heavy atom. The Bertz CT molecular complexity index is 565. The summed E-state index contributed by atoms with van der Waals surface area (Å²) in [4.78, 5) is -0.0479. The first-order valence-corrected chi connectivity index (χ1v) is 7.92. The van der Waals surface area contributed by atoms with Crippen molar-refractivity contribution in [1.29, 1.82) is 0 Å². The molecule has 0 amide bonds. The monoisotopic (exact) mass is 306 g/mol. The molecule has 1 atom stereocenters. The van der Waals surface area contributed by atoms with Gasteiger partial charge in [-0.15, -0.1) is 0 Å². The van der Waals surface area contributed by atoms with Crippen molar-refractivity contribution in [3.63, 3.8) is 0 Å². The maximum atomic E-state index is 13.0. The normalized spacial score (nSPS) is 21.5. The van der Waals surface area contributed by atoms with Crippen LogP contribution < -0.4 is 5.73 Å². The molecule has 1 aliphatic heterocycles. The van der Waals surface area contributed by atoms with Gasteiger partial charge < -0.3 is 5.73 Å². The van der Waals surface area contributed by atoms with Gasteiger partial charge in [0.2, 0.25) is 10.0 Å². The summed E-state index contributed by atoms with van der Waals surface area (Å²) < 4.78 is 39.3. The number of nitrogens with zero attached hydrogens (tertiary/aromatic N) is 1. The molecular formula is C12H16ClFN2O2S. The molecule has 2 N–H and O–H groups in total. The highest BCUT2D eigenvalue weighted by atomic mass is 35.5. The lowest BCUT2D eigenvalue weighted by molar-refractivity contribution is 0.271. The summed E-state index contributed by atoms with van der Waals surface area (Å²) in [5, 5.41) is -0.0881. The van der Waals surface area contributed by atoms with Gasteiger partial charge in [-0.2, -0.15) is 4.31 Å². The number of benzene rings is 1. The molecule has 0 aliphatic carbocycles. The Morgan fingerprint density at radius 3 is 2.84 bits per heavy atom. The van der Waals surface area contributed by atoms with Gasteiger partial charge in [0.25, 0.3) is 0 Å². The predicted octanol–water partition coefficient (Wildman–Crippen LogP) is 1.84. The van der Waals surface area contributed by atoms with Crippen LogP contribution in [0.25, 0.3) is 0 Å². The molecule has 7 heteroatoms. The predicted molar refractivity (Wildman–Crippen MR) is 71.9 cm³/mol. The fraction of sp³-hybridized carbons (Fsp3) is 0.500. The van der Waals surface area contributed by atoms with E-state index < -0.39 is 15.8 Å². The minimum absolute atomic E-state index is 0.0479. The summed E-state index contributed by atoms with van der Waals surface area (Å²) in [6.45, 7) is 1.31. The van der Waals surface area contributed by atoms with Crippen molar-refractivity contribution in [2.45, 2.75) is 17.7 Å². The van der Waals surface area contributed by atoms with Crippen molar-refractivity contribution in [1.82, 2.24) is 4.31 Å². The van der Waals surface area contributed by atoms with Crippen LogP contribution in [-0.2, 0) is 10.0 Å². The zero-order chi connectivity index (χ0) is 14.0. The van der Waals surface area contributed by atoms with E-state index in [0.717, 1.165) is 25.0 Å². The average molecular weight is 307 g/mol. The number of hydrogen-bond donors (Lipinski definition) is 1. The molecule has 4 nitrogen and oxygen atoms in total. The standard InChI is InChI=1S/C12H16ClFN2O2S/c13-11-6-10(14)3-4-12(11)19(17,18)16-5-1-2-9(7-15)8-16/h3-4,6,9H,1-2,5,7-8,15H2. The lowest BCUT2D eigenvalue weighted by Crippen LogP contribution is -2.42. The Balaban J connectivity index is 2.31. The van der Waals surface area contributed by atoms with Gasteiger partial charge in [-0.1, -0.05) is 11.6 Å². The van der Waals surface area contributed by atoms with Crippen LogP contribution in [0.15, 0.2) is 23.1 Å². The van der Waals surface area contributed by atoms with Crippen molar-refractivity contribution in [2.75, 3.05) is 19.6 Å². The highest BCUT2D eigenvalue weighted by Gasteiger charge is 2.31. The van der Waals surface area contributed by atoms with Crippen molar-refractivity contribution in [2.24, 2.45) is 11.7 Å². The van der Waals surface area contributed by atoms with E-state index in [2.05, 4.69) is 0 Å². The molecule has 106 valence electrons. The molecule has 1 aromatic rings. The largest absolute Gasteiger partial charge is 0.330 e. The molecule has 2 rings (SSSR count). The van der Waals surface area contributed by atoms with E-state index in [1.54, 1.807) is 0 Å². The van der Waals surface area contributed by atoms with Gasteiger partial charge in [0.15, 0.2) is 0 Å². The van der Waals surface area contributed by atoms with E-state index in [1.807, 2.05) is 0 Å². The van der Waals surface area contributed by atoms with E-state index in [-0.39, 0.29) is 15.8 Å². The summed E-state index contributed by atoms with van der Waals surface area (Å²) in [5.41, 5.74) is 5.60. The maximum absolute atomic E-state index is 13.0. The first-order valence-electron chi connectivity index (χ1n) is 6.10. The molecule has 1 heterocycles. The quantitative estimate of drug-likeness (QED) is 0.927. The third-order valence-electron chi connectivity index (χ3n) is 3.33. The maximum Gasteiger partial charge on any atom is 0.244 e. The Kier molecular flexibility index (Phi) is 4.45. The number of nitrogens with two attached hydrogens (primary N) is 1. The van der Waals surface area contributed by atoms with Crippen LogP contribution in [0.4, 0.5) is 4.39 Å². The SMILES string of the molecule is NCC1CCCN(S(=O)(=O)c2ccc(F)cc2Cl)C1. The number of halogens is 2. The van der Waals surface area contributed by atoms with Crippen LogP contribution in [0.1, 0.15) is 12.8 Å². The van der Waals surface area contributed by atoms with Crippen LogP contribution in [0.3, 0.4) is 0 Å². The van der Waals surface area contributed by atoms with Gasteiger partial charge in [-0.3, -0.25) is 0 Å². The second kappa shape index (κ2) is 5.75. The fourth-order valence-electron chi connectivity index (χ4n) is 2.26. The van der Waals surface area contributed by atoms with Gasteiger partial charge in [-0.25, -0.2) is 12.8 Å². The van der Waals surface area contributed by atoms with Gasteiger partial charge in [0.05, 0.1) is 5.02 Å². The molecule has 1 fully saturated rings. The Hall–Kier alpha value is -0.690. The highest BCUT2D eigenvalue weighted by molar-refractivity contribution is 7.89. The molecule has 1 aromatic carbocycles. The number of rotatable bonds is 3. The van der Waals surface area contributed by atoms with E-state index in [1.165, 1.54) is 10.4 Å². The average Bonchev–Trinajstić information content (AvgIpc) is 2.38. The molecule has 0 aromatic heterocycles. The van der Waals surface area contributed by atoms with Gasteiger partial charge in [0, 0.05) is 13.1 Å². The number of sulfonamides is 1. The Morgan fingerprint density at radius 2 is 2.21 bits per heavy atom. The molecule has 0 radical (unpaired) electrons. The highest BCUT2D eigenvalue weighted by Crippen LogP contribution is 2.28. The van der Waals surface area contributed by atoms with Crippen LogP contribution in [0.2, 0.25) is 5.02 Å². The van der Waals surface area contributed by atoms with Crippen molar-refractivity contribution in [3.05, 3.63) is 29.0 Å². The fourth-order valence-corrected chi connectivity index (χ4v) is 4.32. The van der Waals surface area contributed by atoms with Crippen LogP contribution in [0, 0.1) is 11.7 Å². The van der Waals surface area contributed by atoms with E-state index in [4.69, 9.17) is 17.3 Å². The third kappa shape index (κ3) is 3.08. The first kappa shape index (κ1) is 14.7. The first-order chi connectivity index (χ1) is 8.95. The lowest BCUT2D eigenvalue weighted by Gasteiger charge is -2.31. The van der Waals surface area contributed by atoms with E-state index in [9.17, 15) is 12.8 Å². The molecule has 19 heavy (non-hydrogen) atoms. The summed E-state index contributed by atoms with van der Waals surface area (Å²) in [6, 6.07) is 3.32. The zero-order valence-electron chi connectivity index (χ0n) is 10.4. The smallest absolute Gasteiger partial charge is 0.244 e. The van der Waals surface area contributed by atoms with E-state index in [0.29, 0.717) is 19.6 Å². The summed E-state index contributed by atoms with van der Waals surface area (Å²) in [6.07, 6.45) is 1.71. The Labute approximate surface area is 117 Å². The van der Waals surface area contributed by atoms with Crippen molar-refractivity contribution < 1.29 is 12.8 Å². The number of piperidine rings is 1. The van der Waals surface area contributed by atoms with Gasteiger partial charge in [-0.05, 0) is 43.5 Å². The van der Waals surface area contributed by atoms with Crippen molar-refractivity contribution >= 4 is 21.6 Å². The molecular weight excluding hydrogens is 291 g/mol. The molecule has 0 saturated carbocycles. The van der Waals surface area contributed by atoms with Crippen LogP contribution >= 0.6 is 11.6 Å². The molecule has 1 unspecified atom stereocenters. The van der Waals surface area contributed by atoms with Crippen LogP contribution in [-0.4, -0.2) is 32.4 Å². The molecule has 0 spiro atoms. The van der Waals surface area contributed by atoms with Gasteiger partial charge >= 0.3 is 0 Å². The second-order valence-corrected chi connectivity index (χ2v) is 7.00. The summed E-state index contributed by atoms with van der Waals surface area (Å²) in [7, 11) is -3.67. The van der Waals surface area contributed by atoms with Crippen LogP contribution in [0.5, 0.6) is 0 Å².